The quantitative estimate of drug-likeness (QED) is 0.0754. The van der Waals surface area contributed by atoms with E-state index < -0.39 is 16.6 Å². The van der Waals surface area contributed by atoms with Crippen molar-refractivity contribution in [1.29, 1.82) is 0 Å². The predicted octanol–water partition coefficient (Wildman–Crippen LogP) is 8.34. The lowest BCUT2D eigenvalue weighted by molar-refractivity contribution is -0.385. The van der Waals surface area contributed by atoms with Gasteiger partial charge in [0, 0.05) is 34.8 Å². The molecule has 0 fully saturated rings. The molecule has 1 amide bonds. The number of carboxylic acid groups (broad SMARTS) is 1. The Kier molecular flexibility index (Phi) is 11.9. The summed E-state index contributed by atoms with van der Waals surface area (Å²) in [5.41, 5.74) is 3.66. The van der Waals surface area contributed by atoms with Crippen molar-refractivity contribution in [2.75, 3.05) is 11.4 Å². The van der Waals surface area contributed by atoms with Crippen molar-refractivity contribution in [2.24, 2.45) is 0 Å². The number of carboxylic acids is 1. The van der Waals surface area contributed by atoms with Crippen LogP contribution in [0.2, 0.25) is 0 Å². The molecule has 240 valence electrons. The number of aryl methyl sites for hydroxylation is 1. The highest BCUT2D eigenvalue weighted by Crippen LogP contribution is 2.31. The van der Waals surface area contributed by atoms with Crippen LogP contribution < -0.4 is 4.90 Å². The minimum absolute atomic E-state index is 0.0379. The number of aromatic carboxylic acids is 1. The number of rotatable bonds is 15. The first kappa shape index (κ1) is 34.2. The number of nitro benzene ring substituents is 1. The maximum absolute atomic E-state index is 14.2. The van der Waals surface area contributed by atoms with Gasteiger partial charge in [-0.3, -0.25) is 14.9 Å². The maximum Gasteiger partial charge on any atom is 0.339 e. The molecule has 0 spiro atoms. The largest absolute Gasteiger partial charge is 0.507 e. The van der Waals surface area contributed by atoms with Gasteiger partial charge < -0.3 is 15.1 Å². The third-order valence-corrected chi connectivity index (χ3v) is 8.85. The van der Waals surface area contributed by atoms with Gasteiger partial charge in [-0.1, -0.05) is 80.4 Å². The van der Waals surface area contributed by atoms with E-state index in [1.54, 1.807) is 22.5 Å². The summed E-state index contributed by atoms with van der Waals surface area (Å²) in [6.45, 7) is 6.48. The average Bonchev–Trinajstić information content (AvgIpc) is 3.03. The van der Waals surface area contributed by atoms with Crippen LogP contribution in [0.3, 0.4) is 0 Å². The van der Waals surface area contributed by atoms with Crippen molar-refractivity contribution in [3.05, 3.63) is 129 Å². The zero-order valence-electron chi connectivity index (χ0n) is 26.3. The molecule has 1 atom stereocenters. The molecule has 0 aliphatic carbocycles. The number of hydrogen-bond donors (Lipinski definition) is 2. The van der Waals surface area contributed by atoms with Crippen LogP contribution in [0, 0.1) is 17.0 Å². The molecule has 4 aromatic rings. The number of benzene rings is 4. The van der Waals surface area contributed by atoms with E-state index >= 15 is 0 Å². The fourth-order valence-electron chi connectivity index (χ4n) is 5.34. The van der Waals surface area contributed by atoms with Gasteiger partial charge in [0.2, 0.25) is 5.91 Å². The Morgan fingerprint density at radius 2 is 1.63 bits per heavy atom. The van der Waals surface area contributed by atoms with Gasteiger partial charge in [0.25, 0.3) is 5.69 Å². The number of amides is 1. The van der Waals surface area contributed by atoms with Crippen LogP contribution in [-0.4, -0.2) is 37.9 Å². The first-order valence-corrected chi connectivity index (χ1v) is 16.0. The molecule has 1 unspecified atom stereocenters. The zero-order valence-corrected chi connectivity index (χ0v) is 27.1. The van der Waals surface area contributed by atoms with E-state index in [2.05, 4.69) is 26.0 Å². The number of phenols is 1. The number of para-hydroxylation sites is 1. The van der Waals surface area contributed by atoms with E-state index in [1.807, 2.05) is 43.3 Å². The van der Waals surface area contributed by atoms with Gasteiger partial charge in [0.1, 0.15) is 11.3 Å². The normalized spacial score (nSPS) is 11.7. The first-order valence-electron chi connectivity index (χ1n) is 15.3. The van der Waals surface area contributed by atoms with E-state index in [-0.39, 0.29) is 36.8 Å². The molecule has 0 saturated heterocycles. The Morgan fingerprint density at radius 1 is 0.935 bits per heavy atom. The van der Waals surface area contributed by atoms with Gasteiger partial charge in [-0.15, -0.1) is 0 Å². The Hall–Kier alpha value is -4.67. The van der Waals surface area contributed by atoms with Crippen LogP contribution in [0.25, 0.3) is 0 Å². The molecule has 10 heteroatoms. The van der Waals surface area contributed by atoms with Gasteiger partial charge in [0.05, 0.1) is 18.0 Å². The molecular formula is C36H39N3O6S. The van der Waals surface area contributed by atoms with E-state index in [4.69, 9.17) is 0 Å². The second kappa shape index (κ2) is 16.1. The highest BCUT2D eigenvalue weighted by Gasteiger charge is 2.24. The van der Waals surface area contributed by atoms with Crippen LogP contribution in [0.15, 0.2) is 95.9 Å². The molecule has 0 aromatic heterocycles. The fourth-order valence-corrected chi connectivity index (χ4v) is 6.28. The van der Waals surface area contributed by atoms with Crippen molar-refractivity contribution >= 4 is 35.2 Å². The van der Waals surface area contributed by atoms with Gasteiger partial charge >= 0.3 is 5.97 Å². The lowest BCUT2D eigenvalue weighted by atomic mass is 9.91. The second-order valence-corrected chi connectivity index (χ2v) is 12.4. The fraction of sp³-hybridized carbons (Fsp3) is 0.278. The summed E-state index contributed by atoms with van der Waals surface area (Å²) in [5.74, 6) is -1.61. The molecule has 4 rings (SSSR count). The highest BCUT2D eigenvalue weighted by molar-refractivity contribution is 7.97. The number of nitro groups is 1. The Balaban J connectivity index is 1.68. The molecule has 0 saturated carbocycles. The van der Waals surface area contributed by atoms with Crippen molar-refractivity contribution in [2.45, 2.75) is 63.9 Å². The standard InChI is InChI=1S/C36H39N3O6S/c1-4-8-27(5-2)28-15-13-26(14-16-28)22-38(30-17-20-32(36(42)43)34(40)21-30)35(41)24-37(46-31-18-11-25(3)12-19-31)23-29-9-6-7-10-33(29)39(44)45/h6-7,9-21,27,40H,4-5,8,22-24H2,1-3H3,(H,42,43). The third-order valence-electron chi connectivity index (χ3n) is 7.85. The van der Waals surface area contributed by atoms with Crippen molar-refractivity contribution in [3.63, 3.8) is 0 Å². The Bertz CT molecular complexity index is 1660. The van der Waals surface area contributed by atoms with Crippen LogP contribution in [0.4, 0.5) is 11.4 Å². The summed E-state index contributed by atoms with van der Waals surface area (Å²) in [4.78, 5) is 39.5. The number of anilines is 1. The number of nitrogens with zero attached hydrogens (tertiary/aromatic N) is 3. The number of carbonyl (C=O) groups excluding carboxylic acids is 1. The van der Waals surface area contributed by atoms with E-state index in [9.17, 15) is 29.9 Å². The summed E-state index contributed by atoms with van der Waals surface area (Å²) < 4.78 is 1.77. The topological polar surface area (TPSA) is 124 Å². The molecular weight excluding hydrogens is 602 g/mol. The molecule has 0 aliphatic rings. The summed E-state index contributed by atoms with van der Waals surface area (Å²) in [6, 6.07) is 26.4. The average molecular weight is 642 g/mol. The minimum Gasteiger partial charge on any atom is -0.507 e. The van der Waals surface area contributed by atoms with Gasteiger partial charge in [0.15, 0.2) is 0 Å². The second-order valence-electron chi connectivity index (χ2n) is 11.2. The van der Waals surface area contributed by atoms with E-state index in [0.29, 0.717) is 17.2 Å². The van der Waals surface area contributed by atoms with Crippen molar-refractivity contribution in [3.8, 4) is 5.75 Å². The zero-order chi connectivity index (χ0) is 33.2. The predicted molar refractivity (Wildman–Crippen MR) is 181 cm³/mol. The lowest BCUT2D eigenvalue weighted by Crippen LogP contribution is -2.38. The van der Waals surface area contributed by atoms with Gasteiger partial charge in [-0.25, -0.2) is 9.10 Å². The Labute approximate surface area is 273 Å². The maximum atomic E-state index is 14.2. The molecule has 0 aliphatic heterocycles. The van der Waals surface area contributed by atoms with E-state index in [0.717, 1.165) is 35.3 Å². The smallest absolute Gasteiger partial charge is 0.339 e. The monoisotopic (exact) mass is 641 g/mol. The molecule has 4 aromatic carbocycles. The SMILES string of the molecule is CCCC(CC)c1ccc(CN(C(=O)CN(Cc2ccccc2[N+](=O)[O-])Sc2ccc(C)cc2)c2ccc(C(=O)O)c(O)c2)cc1. The Morgan fingerprint density at radius 3 is 2.24 bits per heavy atom. The van der Waals surface area contributed by atoms with Crippen LogP contribution in [0.1, 0.15) is 71.6 Å². The molecule has 0 bridgehead atoms. The lowest BCUT2D eigenvalue weighted by Gasteiger charge is -2.28. The summed E-state index contributed by atoms with van der Waals surface area (Å²) >= 11 is 1.32. The van der Waals surface area contributed by atoms with Crippen LogP contribution >= 0.6 is 11.9 Å². The van der Waals surface area contributed by atoms with Gasteiger partial charge in [-0.05, 0) is 73.0 Å². The molecule has 46 heavy (non-hydrogen) atoms. The molecule has 0 heterocycles. The van der Waals surface area contributed by atoms with Crippen molar-refractivity contribution < 1.29 is 24.7 Å². The minimum atomic E-state index is -1.28. The molecule has 0 radical (unpaired) electrons. The van der Waals surface area contributed by atoms with Crippen LogP contribution in [-0.2, 0) is 17.9 Å². The first-order chi connectivity index (χ1) is 22.1. The molecule has 9 nitrogen and oxygen atoms in total. The third kappa shape index (κ3) is 8.95. The number of carbonyl (C=O) groups is 2. The summed E-state index contributed by atoms with van der Waals surface area (Å²) in [5, 5.41) is 31.7. The molecule has 2 N–H and O–H groups in total. The van der Waals surface area contributed by atoms with E-state index in [1.165, 1.54) is 46.7 Å². The van der Waals surface area contributed by atoms with Crippen LogP contribution in [0.5, 0.6) is 5.75 Å². The highest BCUT2D eigenvalue weighted by atomic mass is 32.2. The summed E-state index contributed by atoms with van der Waals surface area (Å²) in [6.07, 6.45) is 3.20. The van der Waals surface area contributed by atoms with Gasteiger partial charge in [-0.2, -0.15) is 0 Å². The summed E-state index contributed by atoms with van der Waals surface area (Å²) in [7, 11) is 0. The number of hydrogen-bond acceptors (Lipinski definition) is 7. The van der Waals surface area contributed by atoms with Crippen molar-refractivity contribution in [1.82, 2.24) is 4.31 Å². The number of aromatic hydroxyl groups is 1.